The van der Waals surface area contributed by atoms with Crippen LogP contribution in [0.15, 0.2) is 27.6 Å². The van der Waals surface area contributed by atoms with Crippen LogP contribution < -0.4 is 4.90 Å². The van der Waals surface area contributed by atoms with Crippen molar-refractivity contribution in [1.82, 2.24) is 30.2 Å². The summed E-state index contributed by atoms with van der Waals surface area (Å²) in [6, 6.07) is 3.94. The average Bonchev–Trinajstić information content (AvgIpc) is 3.42. The molecule has 5 rings (SSSR count). The molecule has 150 valence electrons. The van der Waals surface area contributed by atoms with E-state index in [0.717, 1.165) is 29.3 Å². The van der Waals surface area contributed by atoms with Gasteiger partial charge in [0.2, 0.25) is 0 Å². The number of rotatable bonds is 3. The number of aromatic nitrogens is 6. The molecule has 0 bridgehead atoms. The third-order valence-electron chi connectivity index (χ3n) is 5.20. The average molecular weight is 412 g/mol. The van der Waals surface area contributed by atoms with E-state index in [2.05, 4.69) is 36.7 Å². The highest BCUT2D eigenvalue weighted by atomic mass is 32.2. The van der Waals surface area contributed by atoms with Gasteiger partial charge in [-0.15, -0.1) is 5.10 Å². The van der Waals surface area contributed by atoms with Crippen molar-refractivity contribution in [3.05, 3.63) is 35.4 Å². The van der Waals surface area contributed by atoms with Gasteiger partial charge in [-0.1, -0.05) is 5.21 Å². The molecule has 2 aliphatic heterocycles. The first kappa shape index (κ1) is 18.1. The van der Waals surface area contributed by atoms with Crippen LogP contribution in [0.2, 0.25) is 0 Å². The van der Waals surface area contributed by atoms with Gasteiger partial charge >= 0.3 is 0 Å². The molecule has 0 aromatic carbocycles. The van der Waals surface area contributed by atoms with E-state index in [4.69, 9.17) is 9.72 Å². The molecule has 1 fully saturated rings. The molecule has 0 saturated carbocycles. The van der Waals surface area contributed by atoms with E-state index in [9.17, 15) is 4.21 Å². The van der Waals surface area contributed by atoms with Gasteiger partial charge in [0, 0.05) is 25.4 Å². The molecule has 1 N–H and O–H groups in total. The summed E-state index contributed by atoms with van der Waals surface area (Å²) >= 11 is 0. The fraction of sp³-hybridized carbons (Fsp3) is 0.389. The van der Waals surface area contributed by atoms with E-state index in [1.807, 2.05) is 20.0 Å². The van der Waals surface area contributed by atoms with Gasteiger partial charge in [-0.25, -0.2) is 13.9 Å². The van der Waals surface area contributed by atoms with Gasteiger partial charge in [0.1, 0.15) is 17.2 Å². The standard InChI is InChI=1S/C18H20N8O2S/c1-10-9-28-7-6-26(10)14-8-12(17-11(2)21-24-25(17)3)18-16(20-14)15(23-29(18)27)13-4-5-19-22-13/h4-5,8,10H,6-7,9H2,1-3H3,(H,19,22)/t10-,29?/m1/s1. The van der Waals surface area contributed by atoms with Crippen LogP contribution in [0.1, 0.15) is 24.0 Å². The first-order valence-electron chi connectivity index (χ1n) is 9.31. The third kappa shape index (κ3) is 2.88. The fourth-order valence-corrected chi connectivity index (χ4v) is 4.91. The van der Waals surface area contributed by atoms with E-state index in [-0.39, 0.29) is 6.04 Å². The second-order valence-electron chi connectivity index (χ2n) is 7.13. The number of aromatic amines is 1. The van der Waals surface area contributed by atoms with Crippen molar-refractivity contribution in [2.45, 2.75) is 24.8 Å². The second kappa shape index (κ2) is 6.85. The zero-order valence-electron chi connectivity index (χ0n) is 16.3. The van der Waals surface area contributed by atoms with E-state index in [1.54, 1.807) is 16.9 Å². The number of hydrogen-bond donors (Lipinski definition) is 1. The molecular formula is C18H20N8O2S. The molecule has 2 atom stereocenters. The lowest BCUT2D eigenvalue weighted by molar-refractivity contribution is 0.0985. The van der Waals surface area contributed by atoms with Gasteiger partial charge in [0.25, 0.3) is 0 Å². The van der Waals surface area contributed by atoms with Crippen molar-refractivity contribution in [2.75, 3.05) is 24.7 Å². The summed E-state index contributed by atoms with van der Waals surface area (Å²) in [4.78, 5) is 7.68. The number of pyridine rings is 1. The number of nitrogens with zero attached hydrogens (tertiary/aromatic N) is 7. The predicted octanol–water partition coefficient (Wildman–Crippen LogP) is 1.01. The lowest BCUT2D eigenvalue weighted by atomic mass is 10.1. The molecular weight excluding hydrogens is 392 g/mol. The highest BCUT2D eigenvalue weighted by Crippen LogP contribution is 2.38. The zero-order valence-corrected chi connectivity index (χ0v) is 17.1. The third-order valence-corrected chi connectivity index (χ3v) is 6.31. The number of aryl methyl sites for hydroxylation is 2. The van der Waals surface area contributed by atoms with Crippen molar-refractivity contribution >= 4 is 22.5 Å². The topological polar surface area (TPSA) is 114 Å². The lowest BCUT2D eigenvalue weighted by Gasteiger charge is -2.34. The van der Waals surface area contributed by atoms with Gasteiger partial charge in [-0.05, 0) is 26.0 Å². The Kier molecular flexibility index (Phi) is 4.28. The molecule has 3 aromatic heterocycles. The Bertz CT molecular complexity index is 1120. The maximum absolute atomic E-state index is 13.0. The number of nitrogens with one attached hydrogen (secondary N) is 1. The summed E-state index contributed by atoms with van der Waals surface area (Å²) in [6.07, 6.45) is 1.64. The molecule has 0 aliphatic carbocycles. The molecule has 3 aromatic rings. The van der Waals surface area contributed by atoms with Crippen LogP contribution in [0.5, 0.6) is 0 Å². The van der Waals surface area contributed by atoms with Crippen molar-refractivity contribution in [3.8, 4) is 11.3 Å². The number of morpholine rings is 1. The Morgan fingerprint density at radius 1 is 1.38 bits per heavy atom. The van der Waals surface area contributed by atoms with Crippen LogP contribution in [0.3, 0.4) is 0 Å². The molecule has 5 heterocycles. The Morgan fingerprint density at radius 3 is 2.93 bits per heavy atom. The fourth-order valence-electron chi connectivity index (χ4n) is 3.81. The monoisotopic (exact) mass is 412 g/mol. The molecule has 29 heavy (non-hydrogen) atoms. The molecule has 0 radical (unpaired) electrons. The Morgan fingerprint density at radius 2 is 2.24 bits per heavy atom. The summed E-state index contributed by atoms with van der Waals surface area (Å²) < 4.78 is 24.7. The smallest absolute Gasteiger partial charge is 0.176 e. The number of hydrogen-bond acceptors (Lipinski definition) is 7. The largest absolute Gasteiger partial charge is 0.377 e. The number of anilines is 1. The summed E-state index contributed by atoms with van der Waals surface area (Å²) in [7, 11) is 0.246. The number of ether oxygens (including phenoxy) is 1. The van der Waals surface area contributed by atoms with E-state index in [1.165, 1.54) is 0 Å². The molecule has 0 spiro atoms. The van der Waals surface area contributed by atoms with Gasteiger partial charge < -0.3 is 9.64 Å². The first-order chi connectivity index (χ1) is 14.0. The maximum Gasteiger partial charge on any atom is 0.176 e. The maximum atomic E-state index is 13.0. The van der Waals surface area contributed by atoms with E-state index >= 15 is 0 Å². The minimum Gasteiger partial charge on any atom is -0.377 e. The SMILES string of the molecule is Cc1nnn(C)c1-c1cc(N2CCOC[C@H]2C)nc2c1S(=O)N=C2c1ccn[nH]1. The number of fused-ring (bicyclic) bond motifs is 1. The molecule has 1 unspecified atom stereocenters. The van der Waals surface area contributed by atoms with Gasteiger partial charge in [-0.3, -0.25) is 5.10 Å². The predicted molar refractivity (Wildman–Crippen MR) is 107 cm³/mol. The molecule has 11 heteroatoms. The zero-order chi connectivity index (χ0) is 20.1. The second-order valence-corrected chi connectivity index (χ2v) is 8.22. The summed E-state index contributed by atoms with van der Waals surface area (Å²) in [5, 5.41) is 15.2. The Balaban J connectivity index is 1.76. The van der Waals surface area contributed by atoms with Crippen LogP contribution >= 0.6 is 0 Å². The number of H-pyrrole nitrogens is 1. The Hall–Kier alpha value is -2.92. The quantitative estimate of drug-likeness (QED) is 0.683. The summed E-state index contributed by atoms with van der Waals surface area (Å²) in [5.41, 5.74) is 4.17. The lowest BCUT2D eigenvalue weighted by Crippen LogP contribution is -2.44. The normalized spacial score (nSPS) is 21.3. The minimum absolute atomic E-state index is 0.173. The van der Waals surface area contributed by atoms with Crippen molar-refractivity contribution in [3.63, 3.8) is 0 Å². The highest BCUT2D eigenvalue weighted by Gasteiger charge is 2.33. The van der Waals surface area contributed by atoms with Crippen LogP contribution in [-0.4, -0.2) is 65.9 Å². The van der Waals surface area contributed by atoms with Crippen molar-refractivity contribution < 1.29 is 8.95 Å². The van der Waals surface area contributed by atoms with Gasteiger partial charge in [0.15, 0.2) is 11.0 Å². The van der Waals surface area contributed by atoms with Crippen molar-refractivity contribution in [1.29, 1.82) is 0 Å². The van der Waals surface area contributed by atoms with Crippen LogP contribution in [-0.2, 0) is 22.8 Å². The molecule has 0 amide bonds. The summed E-state index contributed by atoms with van der Waals surface area (Å²) in [5.74, 6) is 0.793. The van der Waals surface area contributed by atoms with Crippen LogP contribution in [0.25, 0.3) is 11.3 Å². The van der Waals surface area contributed by atoms with E-state index in [0.29, 0.717) is 35.2 Å². The molecule has 1 saturated heterocycles. The summed E-state index contributed by atoms with van der Waals surface area (Å²) in [6.45, 7) is 5.99. The van der Waals surface area contributed by atoms with Gasteiger partial charge in [-0.2, -0.15) is 9.50 Å². The Labute approximate surface area is 169 Å². The molecule has 2 aliphatic rings. The van der Waals surface area contributed by atoms with Crippen molar-refractivity contribution in [2.24, 2.45) is 11.4 Å². The first-order valence-corrected chi connectivity index (χ1v) is 10.4. The van der Waals surface area contributed by atoms with E-state index < -0.39 is 11.0 Å². The van der Waals surface area contributed by atoms with Gasteiger partial charge in [0.05, 0.1) is 41.2 Å². The van der Waals surface area contributed by atoms with Crippen LogP contribution in [0, 0.1) is 6.92 Å². The highest BCUT2D eigenvalue weighted by molar-refractivity contribution is 7.84. The van der Waals surface area contributed by atoms with Crippen LogP contribution in [0.4, 0.5) is 5.82 Å². The minimum atomic E-state index is -1.58. The molecule has 10 nitrogen and oxygen atoms in total.